The number of nitrogens with zero attached hydrogens (tertiary/aromatic N) is 1. The van der Waals surface area contributed by atoms with Crippen LogP contribution in [0.25, 0.3) is 0 Å². The molecule has 0 aromatic heterocycles. The second kappa shape index (κ2) is 7.04. The summed E-state index contributed by atoms with van der Waals surface area (Å²) in [6.07, 6.45) is 1.71. The lowest BCUT2D eigenvalue weighted by Gasteiger charge is -2.40. The molecule has 5 heteroatoms. The van der Waals surface area contributed by atoms with Gasteiger partial charge >= 0.3 is 6.09 Å². The van der Waals surface area contributed by atoms with Crippen molar-refractivity contribution in [2.24, 2.45) is 0 Å². The molecule has 0 aromatic carbocycles. The van der Waals surface area contributed by atoms with Crippen molar-refractivity contribution in [1.82, 2.24) is 10.2 Å². The first kappa shape index (κ1) is 15.4. The summed E-state index contributed by atoms with van der Waals surface area (Å²) in [7, 11) is 0. The van der Waals surface area contributed by atoms with Crippen LogP contribution in [0.15, 0.2) is 12.7 Å². The lowest BCUT2D eigenvalue weighted by molar-refractivity contribution is 0.00556. The number of nitrogens with one attached hydrogen (secondary N) is 1. The van der Waals surface area contributed by atoms with E-state index in [1.807, 2.05) is 38.6 Å². The van der Waals surface area contributed by atoms with Crippen molar-refractivity contribution in [3.63, 3.8) is 0 Å². The second-order valence-corrected chi connectivity index (χ2v) is 6.55. The average molecular weight is 272 g/mol. The quantitative estimate of drug-likeness (QED) is 0.594. The van der Waals surface area contributed by atoms with Gasteiger partial charge in [0.15, 0.2) is 0 Å². The molecule has 0 radical (unpaired) electrons. The fourth-order valence-corrected chi connectivity index (χ4v) is 2.18. The zero-order chi connectivity index (χ0) is 13.6. The van der Waals surface area contributed by atoms with Crippen LogP contribution in [0.4, 0.5) is 4.79 Å². The number of likely N-dealkylation sites (tertiary alicyclic amines) is 1. The molecule has 0 atom stereocenters. The van der Waals surface area contributed by atoms with Crippen molar-refractivity contribution >= 4 is 17.9 Å². The molecule has 0 unspecified atom stereocenters. The third-order valence-electron chi connectivity index (χ3n) is 2.45. The molecule has 1 saturated heterocycles. The van der Waals surface area contributed by atoms with Gasteiger partial charge in [-0.3, -0.25) is 0 Å². The van der Waals surface area contributed by atoms with E-state index in [1.165, 1.54) is 0 Å². The predicted octanol–water partition coefficient (Wildman–Crippen LogP) is 2.11. The van der Waals surface area contributed by atoms with Crippen molar-refractivity contribution in [1.29, 1.82) is 0 Å². The van der Waals surface area contributed by atoms with Gasteiger partial charge in [-0.2, -0.15) is 11.8 Å². The maximum absolute atomic E-state index is 11.7. The first-order valence-corrected chi connectivity index (χ1v) is 7.48. The van der Waals surface area contributed by atoms with Crippen LogP contribution in [0.3, 0.4) is 0 Å². The average Bonchev–Trinajstić information content (AvgIpc) is 2.17. The fourth-order valence-electron chi connectivity index (χ4n) is 1.59. The molecule has 1 fully saturated rings. The Kier molecular flexibility index (Phi) is 6.02. The minimum atomic E-state index is -0.406. The van der Waals surface area contributed by atoms with E-state index in [4.69, 9.17) is 4.74 Å². The molecule has 1 aliphatic rings. The summed E-state index contributed by atoms with van der Waals surface area (Å²) in [6, 6.07) is 0.418. The largest absolute Gasteiger partial charge is 0.444 e. The third-order valence-corrected chi connectivity index (χ3v) is 3.41. The Morgan fingerprint density at radius 3 is 2.78 bits per heavy atom. The number of hydrogen-bond acceptors (Lipinski definition) is 4. The zero-order valence-corrected chi connectivity index (χ0v) is 12.4. The van der Waals surface area contributed by atoms with E-state index < -0.39 is 5.60 Å². The summed E-state index contributed by atoms with van der Waals surface area (Å²) in [5.74, 6) is 2.07. The maximum atomic E-state index is 11.7. The lowest BCUT2D eigenvalue weighted by Crippen LogP contribution is -2.60. The highest BCUT2D eigenvalue weighted by Gasteiger charge is 2.32. The monoisotopic (exact) mass is 272 g/mol. The molecule has 18 heavy (non-hydrogen) atoms. The lowest BCUT2D eigenvalue weighted by atomic mass is 10.1. The third kappa shape index (κ3) is 5.78. The van der Waals surface area contributed by atoms with Crippen LogP contribution in [-0.2, 0) is 4.74 Å². The summed E-state index contributed by atoms with van der Waals surface area (Å²) in [5.41, 5.74) is -0.406. The van der Waals surface area contributed by atoms with E-state index in [0.29, 0.717) is 6.04 Å². The van der Waals surface area contributed by atoms with Gasteiger partial charge in [-0.25, -0.2) is 4.79 Å². The van der Waals surface area contributed by atoms with Crippen molar-refractivity contribution in [2.75, 3.05) is 31.1 Å². The van der Waals surface area contributed by atoms with Gasteiger partial charge in [0.05, 0.1) is 0 Å². The summed E-state index contributed by atoms with van der Waals surface area (Å²) < 4.78 is 5.29. The highest BCUT2D eigenvalue weighted by molar-refractivity contribution is 7.99. The summed E-state index contributed by atoms with van der Waals surface area (Å²) in [5, 5.41) is 3.42. The smallest absolute Gasteiger partial charge is 0.410 e. The number of ether oxygens (including phenoxy) is 1. The maximum Gasteiger partial charge on any atom is 0.410 e. The molecule has 1 N–H and O–H groups in total. The van der Waals surface area contributed by atoms with Gasteiger partial charge in [-0.1, -0.05) is 6.08 Å². The molecule has 0 bridgehead atoms. The van der Waals surface area contributed by atoms with Crippen molar-refractivity contribution < 1.29 is 9.53 Å². The zero-order valence-electron chi connectivity index (χ0n) is 11.6. The van der Waals surface area contributed by atoms with Crippen LogP contribution in [-0.4, -0.2) is 53.8 Å². The summed E-state index contributed by atoms with van der Waals surface area (Å²) in [4.78, 5) is 13.4. The number of rotatable bonds is 6. The van der Waals surface area contributed by atoms with E-state index in [2.05, 4.69) is 11.9 Å². The van der Waals surface area contributed by atoms with E-state index in [9.17, 15) is 4.79 Å². The molecule has 1 heterocycles. The Bertz CT molecular complexity index is 283. The molecule has 0 aliphatic carbocycles. The van der Waals surface area contributed by atoms with Gasteiger partial charge in [0, 0.05) is 37.2 Å². The molecular weight excluding hydrogens is 248 g/mol. The Morgan fingerprint density at radius 2 is 2.22 bits per heavy atom. The van der Waals surface area contributed by atoms with E-state index in [1.54, 1.807) is 4.90 Å². The summed E-state index contributed by atoms with van der Waals surface area (Å²) >= 11 is 1.86. The van der Waals surface area contributed by atoms with Crippen molar-refractivity contribution in [3.8, 4) is 0 Å². The van der Waals surface area contributed by atoms with Gasteiger partial charge in [0.25, 0.3) is 0 Å². The summed E-state index contributed by atoms with van der Waals surface area (Å²) in [6.45, 7) is 11.8. The molecule has 4 nitrogen and oxygen atoms in total. The molecule has 1 aliphatic heterocycles. The van der Waals surface area contributed by atoms with Crippen molar-refractivity contribution in [3.05, 3.63) is 12.7 Å². The Labute approximate surface area is 114 Å². The minimum absolute atomic E-state index is 0.207. The number of carbonyl (C=O) groups is 1. The van der Waals surface area contributed by atoms with E-state index >= 15 is 0 Å². The van der Waals surface area contributed by atoms with Gasteiger partial charge in [-0.15, -0.1) is 6.58 Å². The molecular formula is C13H24N2O2S. The number of amides is 1. The van der Waals surface area contributed by atoms with Crippen molar-refractivity contribution in [2.45, 2.75) is 32.4 Å². The highest BCUT2D eigenvalue weighted by Crippen LogP contribution is 2.15. The van der Waals surface area contributed by atoms with E-state index in [-0.39, 0.29) is 6.09 Å². The van der Waals surface area contributed by atoms with Gasteiger partial charge in [0.1, 0.15) is 5.60 Å². The molecule has 0 aromatic rings. The van der Waals surface area contributed by atoms with Crippen LogP contribution in [0.1, 0.15) is 20.8 Å². The normalized spacial score (nSPS) is 16.3. The van der Waals surface area contributed by atoms with Crippen LogP contribution in [0.5, 0.6) is 0 Å². The van der Waals surface area contributed by atoms with Gasteiger partial charge in [-0.05, 0) is 20.8 Å². The Hall–Kier alpha value is -0.680. The number of thioether (sulfide) groups is 1. The first-order chi connectivity index (χ1) is 8.42. The van der Waals surface area contributed by atoms with Crippen LogP contribution >= 0.6 is 11.8 Å². The van der Waals surface area contributed by atoms with Crippen LogP contribution in [0, 0.1) is 0 Å². The van der Waals surface area contributed by atoms with Crippen LogP contribution in [0.2, 0.25) is 0 Å². The SMILES string of the molecule is C=CCSCCNC1CN(C(=O)OC(C)(C)C)C1. The van der Waals surface area contributed by atoms with Crippen LogP contribution < -0.4 is 5.32 Å². The number of hydrogen-bond donors (Lipinski definition) is 1. The Morgan fingerprint density at radius 1 is 1.56 bits per heavy atom. The minimum Gasteiger partial charge on any atom is -0.444 e. The standard InChI is InChI=1S/C13H24N2O2S/c1-5-7-18-8-6-14-11-9-15(10-11)12(16)17-13(2,3)4/h5,11,14H,1,6-10H2,2-4H3. The fraction of sp³-hybridized carbons (Fsp3) is 0.769. The molecule has 1 amide bonds. The van der Waals surface area contributed by atoms with Gasteiger partial charge in [0.2, 0.25) is 0 Å². The first-order valence-electron chi connectivity index (χ1n) is 6.32. The molecule has 1 rings (SSSR count). The molecule has 104 valence electrons. The topological polar surface area (TPSA) is 41.6 Å². The molecule has 0 saturated carbocycles. The predicted molar refractivity (Wildman–Crippen MR) is 77.1 cm³/mol. The number of carbonyl (C=O) groups excluding carboxylic acids is 1. The second-order valence-electron chi connectivity index (χ2n) is 5.40. The highest BCUT2D eigenvalue weighted by atomic mass is 32.2. The Balaban J connectivity index is 2.05. The van der Waals surface area contributed by atoms with E-state index in [0.717, 1.165) is 31.1 Å². The molecule has 0 spiro atoms. The van der Waals surface area contributed by atoms with Gasteiger partial charge < -0.3 is 15.0 Å².